The van der Waals surface area contributed by atoms with Crippen LogP contribution in [-0.4, -0.2) is 25.4 Å². The number of carbonyl (C=O) groups is 2. The molecule has 4 nitrogen and oxygen atoms in total. The Labute approximate surface area is 138 Å². The molecule has 6 heteroatoms. The first-order chi connectivity index (χ1) is 10.6. The van der Waals surface area contributed by atoms with E-state index < -0.39 is 0 Å². The van der Waals surface area contributed by atoms with Crippen molar-refractivity contribution in [2.24, 2.45) is 0 Å². The molecule has 2 N–H and O–H groups in total. The summed E-state index contributed by atoms with van der Waals surface area (Å²) in [5.41, 5.74) is 2.04. The zero-order chi connectivity index (χ0) is 15.9. The number of benzene rings is 2. The van der Waals surface area contributed by atoms with Crippen molar-refractivity contribution in [2.75, 3.05) is 13.1 Å². The minimum absolute atomic E-state index is 0.231. The fraction of sp³-hybridized carbons (Fsp3) is 0.125. The summed E-state index contributed by atoms with van der Waals surface area (Å²) in [6, 6.07) is 13.0. The van der Waals surface area contributed by atoms with Gasteiger partial charge in [0.1, 0.15) is 0 Å². The lowest BCUT2D eigenvalue weighted by atomic mass is 10.0. The predicted molar refractivity (Wildman–Crippen MR) is 88.3 cm³/mol. The number of halogens is 2. The van der Waals surface area contributed by atoms with E-state index in [1.54, 1.807) is 12.1 Å². The second-order valence-electron chi connectivity index (χ2n) is 4.51. The zero-order valence-corrected chi connectivity index (χ0v) is 13.1. The van der Waals surface area contributed by atoms with Gasteiger partial charge in [-0.1, -0.05) is 53.5 Å². The van der Waals surface area contributed by atoms with E-state index in [1.165, 1.54) is 0 Å². The van der Waals surface area contributed by atoms with E-state index in [0.29, 0.717) is 19.5 Å². The maximum Gasteiger partial charge on any atom is 0.254 e. The Morgan fingerprint density at radius 2 is 1.64 bits per heavy atom. The highest BCUT2D eigenvalue weighted by molar-refractivity contribution is 6.40. The lowest BCUT2D eigenvalue weighted by Crippen LogP contribution is -2.31. The van der Waals surface area contributed by atoms with Gasteiger partial charge < -0.3 is 10.6 Å². The van der Waals surface area contributed by atoms with Gasteiger partial charge in [0.2, 0.25) is 6.41 Å². The molecule has 0 saturated carbocycles. The van der Waals surface area contributed by atoms with Crippen LogP contribution in [0.25, 0.3) is 11.1 Å². The third-order valence-corrected chi connectivity index (χ3v) is 3.61. The molecule has 2 rings (SSSR count). The first-order valence-corrected chi connectivity index (χ1v) is 7.38. The SMILES string of the molecule is O=CNCCNC(=O)c1c(Cl)cc(-c2ccccc2)cc1Cl. The molecule has 0 atom stereocenters. The van der Waals surface area contributed by atoms with Crippen molar-refractivity contribution in [1.29, 1.82) is 0 Å². The van der Waals surface area contributed by atoms with E-state index >= 15 is 0 Å². The third kappa shape index (κ3) is 4.00. The Morgan fingerprint density at radius 1 is 1.00 bits per heavy atom. The molecule has 0 heterocycles. The Kier molecular flexibility index (Phi) is 5.81. The van der Waals surface area contributed by atoms with Crippen LogP contribution in [0.3, 0.4) is 0 Å². The number of amides is 2. The number of hydrogen-bond donors (Lipinski definition) is 2. The van der Waals surface area contributed by atoms with Crippen LogP contribution in [0.5, 0.6) is 0 Å². The van der Waals surface area contributed by atoms with Crippen LogP contribution < -0.4 is 10.6 Å². The average Bonchev–Trinajstić information content (AvgIpc) is 2.52. The van der Waals surface area contributed by atoms with Gasteiger partial charge in [0, 0.05) is 13.1 Å². The Balaban J connectivity index is 2.20. The lowest BCUT2D eigenvalue weighted by molar-refractivity contribution is -0.109. The molecule has 0 spiro atoms. The van der Waals surface area contributed by atoms with Gasteiger partial charge in [0.15, 0.2) is 0 Å². The van der Waals surface area contributed by atoms with Crippen molar-refractivity contribution in [3.8, 4) is 11.1 Å². The molecule has 2 aromatic rings. The Bertz CT molecular complexity index is 652. The zero-order valence-electron chi connectivity index (χ0n) is 11.6. The highest BCUT2D eigenvalue weighted by Crippen LogP contribution is 2.31. The molecule has 0 aromatic heterocycles. The van der Waals surface area contributed by atoms with Crippen molar-refractivity contribution >= 4 is 35.5 Å². The fourth-order valence-electron chi connectivity index (χ4n) is 1.98. The summed E-state index contributed by atoms with van der Waals surface area (Å²) in [4.78, 5) is 22.2. The van der Waals surface area contributed by atoms with Crippen molar-refractivity contribution in [3.05, 3.63) is 58.1 Å². The summed E-state index contributed by atoms with van der Waals surface area (Å²) >= 11 is 12.4. The summed E-state index contributed by atoms with van der Waals surface area (Å²) in [5, 5.41) is 5.67. The minimum Gasteiger partial charge on any atom is -0.357 e. The molecule has 22 heavy (non-hydrogen) atoms. The van der Waals surface area contributed by atoms with Crippen LogP contribution in [-0.2, 0) is 4.79 Å². The molecular formula is C16H14Cl2N2O2. The molecule has 0 bridgehead atoms. The molecule has 0 aliphatic heterocycles. The molecule has 2 aromatic carbocycles. The Morgan fingerprint density at radius 3 is 2.23 bits per heavy atom. The largest absolute Gasteiger partial charge is 0.357 e. The summed E-state index contributed by atoms with van der Waals surface area (Å²) in [6.45, 7) is 0.636. The summed E-state index contributed by atoms with van der Waals surface area (Å²) in [7, 11) is 0. The van der Waals surface area contributed by atoms with Gasteiger partial charge in [-0.15, -0.1) is 0 Å². The van der Waals surface area contributed by atoms with E-state index in [0.717, 1.165) is 11.1 Å². The van der Waals surface area contributed by atoms with E-state index in [-0.39, 0.29) is 21.5 Å². The summed E-state index contributed by atoms with van der Waals surface area (Å²) in [5.74, 6) is -0.373. The van der Waals surface area contributed by atoms with Gasteiger partial charge >= 0.3 is 0 Å². The van der Waals surface area contributed by atoms with Crippen molar-refractivity contribution in [2.45, 2.75) is 0 Å². The van der Waals surface area contributed by atoms with Gasteiger partial charge in [-0.25, -0.2) is 0 Å². The van der Waals surface area contributed by atoms with Crippen molar-refractivity contribution in [1.82, 2.24) is 10.6 Å². The topological polar surface area (TPSA) is 58.2 Å². The number of rotatable bonds is 6. The standard InChI is InChI=1S/C16H14Cl2N2O2/c17-13-8-12(11-4-2-1-3-5-11)9-14(18)15(13)16(22)20-7-6-19-10-21/h1-5,8-10H,6-7H2,(H,19,21)(H,20,22). The monoisotopic (exact) mass is 336 g/mol. The van der Waals surface area contributed by atoms with Gasteiger partial charge in [0.25, 0.3) is 5.91 Å². The van der Waals surface area contributed by atoms with Crippen LogP contribution >= 0.6 is 23.2 Å². The fourth-order valence-corrected chi connectivity index (χ4v) is 2.64. The maximum absolute atomic E-state index is 12.1. The van der Waals surface area contributed by atoms with Gasteiger partial charge in [-0.05, 0) is 23.3 Å². The van der Waals surface area contributed by atoms with Crippen LogP contribution in [0, 0.1) is 0 Å². The van der Waals surface area contributed by atoms with Gasteiger partial charge in [-0.3, -0.25) is 9.59 Å². The quantitative estimate of drug-likeness (QED) is 0.628. The van der Waals surface area contributed by atoms with Crippen molar-refractivity contribution < 1.29 is 9.59 Å². The molecule has 0 saturated heterocycles. The highest BCUT2D eigenvalue weighted by Gasteiger charge is 2.16. The number of carbonyl (C=O) groups excluding carboxylic acids is 2. The molecule has 0 fully saturated rings. The van der Waals surface area contributed by atoms with Crippen molar-refractivity contribution in [3.63, 3.8) is 0 Å². The van der Waals surface area contributed by atoms with E-state index in [4.69, 9.17) is 23.2 Å². The van der Waals surface area contributed by atoms with Crippen LogP contribution in [0.1, 0.15) is 10.4 Å². The first kappa shape index (κ1) is 16.3. The van der Waals surface area contributed by atoms with Crippen LogP contribution in [0.4, 0.5) is 0 Å². The van der Waals surface area contributed by atoms with E-state index in [2.05, 4.69) is 10.6 Å². The molecule has 0 aliphatic carbocycles. The van der Waals surface area contributed by atoms with E-state index in [1.807, 2.05) is 30.3 Å². The molecule has 0 aliphatic rings. The number of nitrogens with one attached hydrogen (secondary N) is 2. The number of hydrogen-bond acceptors (Lipinski definition) is 2. The predicted octanol–water partition coefficient (Wildman–Crippen LogP) is 3.14. The normalized spacial score (nSPS) is 10.1. The van der Waals surface area contributed by atoms with Gasteiger partial charge in [-0.2, -0.15) is 0 Å². The maximum atomic E-state index is 12.1. The second-order valence-corrected chi connectivity index (χ2v) is 5.32. The summed E-state index contributed by atoms with van der Waals surface area (Å²) < 4.78 is 0. The average molecular weight is 337 g/mol. The van der Waals surface area contributed by atoms with E-state index in [9.17, 15) is 9.59 Å². The smallest absolute Gasteiger partial charge is 0.254 e. The Hall–Kier alpha value is -2.04. The second kappa shape index (κ2) is 7.82. The van der Waals surface area contributed by atoms with Crippen LogP contribution in [0.15, 0.2) is 42.5 Å². The first-order valence-electron chi connectivity index (χ1n) is 6.63. The summed E-state index contributed by atoms with van der Waals surface area (Å²) in [6.07, 6.45) is 0.570. The molecule has 0 unspecified atom stereocenters. The highest BCUT2D eigenvalue weighted by atomic mass is 35.5. The lowest BCUT2D eigenvalue weighted by Gasteiger charge is -2.11. The van der Waals surface area contributed by atoms with Gasteiger partial charge in [0.05, 0.1) is 15.6 Å². The molecule has 2 amide bonds. The molecular weight excluding hydrogens is 323 g/mol. The third-order valence-electron chi connectivity index (χ3n) is 3.01. The molecule has 0 radical (unpaired) electrons. The minimum atomic E-state index is -0.373. The van der Waals surface area contributed by atoms with Crippen LogP contribution in [0.2, 0.25) is 10.0 Å². The molecule has 114 valence electrons.